The van der Waals surface area contributed by atoms with Crippen molar-refractivity contribution in [1.82, 2.24) is 10.2 Å². The van der Waals surface area contributed by atoms with Crippen LogP contribution in [0.4, 0.5) is 5.69 Å². The molecule has 42 heavy (non-hydrogen) atoms. The number of hydrogen-bond acceptors (Lipinski definition) is 6. The molecule has 0 radical (unpaired) electrons. The summed E-state index contributed by atoms with van der Waals surface area (Å²) in [5, 5.41) is 3.08. The van der Waals surface area contributed by atoms with Crippen LogP contribution in [0.1, 0.15) is 43.7 Å². The van der Waals surface area contributed by atoms with Crippen LogP contribution in [0.3, 0.4) is 0 Å². The molecule has 2 amide bonds. The second-order valence-electron chi connectivity index (χ2n) is 10.6. The molecule has 0 bridgehead atoms. The molecule has 4 rings (SSSR count). The van der Waals surface area contributed by atoms with Crippen molar-refractivity contribution in [1.29, 1.82) is 0 Å². The molecule has 0 unspecified atom stereocenters. The molecule has 3 aromatic rings. The number of carbonyl (C=O) groups is 2. The van der Waals surface area contributed by atoms with E-state index in [2.05, 4.69) is 5.32 Å². The van der Waals surface area contributed by atoms with Gasteiger partial charge < -0.3 is 19.7 Å². The summed E-state index contributed by atoms with van der Waals surface area (Å²) >= 11 is 0. The van der Waals surface area contributed by atoms with E-state index in [0.29, 0.717) is 17.2 Å². The van der Waals surface area contributed by atoms with E-state index in [9.17, 15) is 18.0 Å². The lowest BCUT2D eigenvalue weighted by Crippen LogP contribution is -2.52. The van der Waals surface area contributed by atoms with E-state index in [-0.39, 0.29) is 23.4 Å². The SMILES string of the molecule is COc1ccc(N(CC(=O)N(Cc2cccc(OC)c2)[C@H](C)C(=O)NC2CCCC2)S(=O)(=O)c2ccc(C)cc2)cc1. The Kier molecular flexibility index (Phi) is 10.1. The molecule has 3 aromatic carbocycles. The van der Waals surface area contributed by atoms with E-state index in [4.69, 9.17) is 9.47 Å². The van der Waals surface area contributed by atoms with Crippen LogP contribution < -0.4 is 19.1 Å². The average Bonchev–Trinajstić information content (AvgIpc) is 3.51. The first-order valence-corrected chi connectivity index (χ1v) is 15.5. The maximum atomic E-state index is 14.1. The van der Waals surface area contributed by atoms with Crippen LogP contribution in [-0.4, -0.2) is 58.0 Å². The summed E-state index contributed by atoms with van der Waals surface area (Å²) in [7, 11) is -1.06. The Morgan fingerprint density at radius 2 is 1.57 bits per heavy atom. The fraction of sp³-hybridized carbons (Fsp3) is 0.375. The van der Waals surface area contributed by atoms with Gasteiger partial charge in [-0.2, -0.15) is 0 Å². The van der Waals surface area contributed by atoms with Crippen LogP contribution in [0, 0.1) is 6.92 Å². The minimum Gasteiger partial charge on any atom is -0.497 e. The number of nitrogens with zero attached hydrogens (tertiary/aromatic N) is 2. The summed E-state index contributed by atoms with van der Waals surface area (Å²) in [4.78, 5) is 29.0. The van der Waals surface area contributed by atoms with Crippen molar-refractivity contribution >= 4 is 27.5 Å². The van der Waals surface area contributed by atoms with E-state index in [0.717, 1.165) is 41.1 Å². The highest BCUT2D eigenvalue weighted by Crippen LogP contribution is 2.27. The largest absolute Gasteiger partial charge is 0.497 e. The van der Waals surface area contributed by atoms with Gasteiger partial charge in [0.25, 0.3) is 10.0 Å². The first kappa shape index (κ1) is 30.9. The molecule has 1 aliphatic carbocycles. The van der Waals surface area contributed by atoms with E-state index < -0.39 is 28.5 Å². The van der Waals surface area contributed by atoms with Gasteiger partial charge in [-0.15, -0.1) is 0 Å². The predicted octanol–water partition coefficient (Wildman–Crippen LogP) is 4.68. The molecular formula is C32H39N3O6S. The number of hydrogen-bond donors (Lipinski definition) is 1. The molecule has 0 heterocycles. The first-order valence-electron chi connectivity index (χ1n) is 14.1. The molecule has 1 atom stereocenters. The lowest BCUT2D eigenvalue weighted by molar-refractivity contribution is -0.139. The van der Waals surface area contributed by atoms with Gasteiger partial charge in [-0.25, -0.2) is 8.42 Å². The van der Waals surface area contributed by atoms with Gasteiger partial charge in [0.2, 0.25) is 11.8 Å². The maximum absolute atomic E-state index is 14.1. The number of aryl methyl sites for hydroxylation is 1. The van der Waals surface area contributed by atoms with Crippen LogP contribution in [0.25, 0.3) is 0 Å². The van der Waals surface area contributed by atoms with Crippen LogP contribution in [-0.2, 0) is 26.2 Å². The predicted molar refractivity (Wildman–Crippen MR) is 162 cm³/mol. The molecular weight excluding hydrogens is 554 g/mol. The normalized spacial score (nSPS) is 14.2. The Balaban J connectivity index is 1.69. The molecule has 0 spiro atoms. The van der Waals surface area contributed by atoms with E-state index >= 15 is 0 Å². The highest BCUT2D eigenvalue weighted by molar-refractivity contribution is 7.92. The molecule has 1 fully saturated rings. The third-order valence-corrected chi connectivity index (χ3v) is 9.39. The van der Waals surface area contributed by atoms with Crippen LogP contribution in [0.2, 0.25) is 0 Å². The van der Waals surface area contributed by atoms with E-state index in [1.807, 2.05) is 19.1 Å². The fourth-order valence-corrected chi connectivity index (χ4v) is 6.47. The molecule has 1 N–H and O–H groups in total. The number of rotatable bonds is 12. The number of nitrogens with one attached hydrogen (secondary N) is 1. The molecule has 0 aliphatic heterocycles. The minimum absolute atomic E-state index is 0.0584. The number of sulfonamides is 1. The van der Waals surface area contributed by atoms with Crippen molar-refractivity contribution in [2.75, 3.05) is 25.1 Å². The first-order chi connectivity index (χ1) is 20.1. The van der Waals surface area contributed by atoms with Gasteiger partial charge in [0, 0.05) is 12.6 Å². The number of benzene rings is 3. The van der Waals surface area contributed by atoms with Gasteiger partial charge in [-0.3, -0.25) is 13.9 Å². The number of ether oxygens (including phenoxy) is 2. The fourth-order valence-electron chi connectivity index (χ4n) is 5.06. The zero-order valence-electron chi connectivity index (χ0n) is 24.6. The van der Waals surface area contributed by atoms with E-state index in [1.165, 1.54) is 24.1 Å². The van der Waals surface area contributed by atoms with Gasteiger partial charge in [0.1, 0.15) is 24.1 Å². The van der Waals surface area contributed by atoms with E-state index in [1.54, 1.807) is 62.6 Å². The summed E-state index contributed by atoms with van der Waals surface area (Å²) in [5.74, 6) is 0.383. The van der Waals surface area contributed by atoms with Crippen molar-refractivity contribution in [3.8, 4) is 11.5 Å². The number of methoxy groups -OCH3 is 2. The van der Waals surface area contributed by atoms with Gasteiger partial charge >= 0.3 is 0 Å². The summed E-state index contributed by atoms with van der Waals surface area (Å²) in [5.41, 5.74) is 1.96. The quantitative estimate of drug-likeness (QED) is 0.327. The van der Waals surface area contributed by atoms with Crippen molar-refractivity contribution in [3.63, 3.8) is 0 Å². The number of amides is 2. The molecule has 0 aromatic heterocycles. The Morgan fingerprint density at radius 3 is 2.19 bits per heavy atom. The third kappa shape index (κ3) is 7.42. The van der Waals surface area contributed by atoms with Crippen molar-refractivity contribution in [2.45, 2.75) is 63.1 Å². The zero-order valence-corrected chi connectivity index (χ0v) is 25.4. The second-order valence-corrected chi connectivity index (χ2v) is 12.4. The molecule has 10 heteroatoms. The third-order valence-electron chi connectivity index (χ3n) is 7.60. The van der Waals surface area contributed by atoms with Crippen molar-refractivity contribution in [3.05, 3.63) is 83.9 Å². The standard InChI is InChI=1S/C32H39N3O6S/c1-23-12-18-30(19-13-23)42(38,39)35(27-14-16-28(40-3)17-15-27)22-31(36)34(21-25-8-7-11-29(20-25)41-4)24(2)32(37)33-26-9-5-6-10-26/h7-8,11-20,24,26H,5-6,9-10,21-22H2,1-4H3,(H,33,37)/t24-/m1/s1. The summed E-state index contributed by atoms with van der Waals surface area (Å²) in [6.07, 6.45) is 3.92. The smallest absolute Gasteiger partial charge is 0.264 e. The summed E-state index contributed by atoms with van der Waals surface area (Å²) in [6, 6.07) is 19.4. The highest BCUT2D eigenvalue weighted by Gasteiger charge is 2.33. The average molecular weight is 594 g/mol. The Labute approximate surface area is 248 Å². The molecule has 224 valence electrons. The molecule has 1 aliphatic rings. The monoisotopic (exact) mass is 593 g/mol. The van der Waals surface area contributed by atoms with Crippen LogP contribution in [0.15, 0.2) is 77.7 Å². The highest BCUT2D eigenvalue weighted by atomic mass is 32.2. The number of anilines is 1. The lowest BCUT2D eigenvalue weighted by Gasteiger charge is -2.32. The minimum atomic E-state index is -4.14. The second kappa shape index (κ2) is 13.7. The summed E-state index contributed by atoms with van der Waals surface area (Å²) in [6.45, 7) is 3.13. The topological polar surface area (TPSA) is 105 Å². The maximum Gasteiger partial charge on any atom is 0.264 e. The van der Waals surface area contributed by atoms with Crippen LogP contribution >= 0.6 is 0 Å². The molecule has 0 saturated heterocycles. The van der Waals surface area contributed by atoms with Crippen LogP contribution in [0.5, 0.6) is 11.5 Å². The molecule has 1 saturated carbocycles. The Bertz CT molecular complexity index is 1470. The Hall–Kier alpha value is -4.05. The summed E-state index contributed by atoms with van der Waals surface area (Å²) < 4.78 is 39.6. The van der Waals surface area contributed by atoms with Gasteiger partial charge in [0.15, 0.2) is 0 Å². The van der Waals surface area contributed by atoms with Gasteiger partial charge in [-0.05, 0) is 80.8 Å². The van der Waals surface area contributed by atoms with Gasteiger partial charge in [-0.1, -0.05) is 42.7 Å². The molecule has 9 nitrogen and oxygen atoms in total. The van der Waals surface area contributed by atoms with Crippen molar-refractivity contribution < 1.29 is 27.5 Å². The Morgan fingerprint density at radius 1 is 0.929 bits per heavy atom. The van der Waals surface area contributed by atoms with Gasteiger partial charge in [0.05, 0.1) is 24.8 Å². The zero-order chi connectivity index (χ0) is 30.3. The number of carbonyl (C=O) groups excluding carboxylic acids is 2. The lowest BCUT2D eigenvalue weighted by atomic mass is 10.1. The van der Waals surface area contributed by atoms with Crippen molar-refractivity contribution in [2.24, 2.45) is 0 Å².